The number of amides is 3. The monoisotopic (exact) mass is 426 g/mol. The van der Waals surface area contributed by atoms with Gasteiger partial charge in [0.25, 0.3) is 0 Å². The number of halogens is 1. The summed E-state index contributed by atoms with van der Waals surface area (Å²) in [5.41, 5.74) is 0. The Morgan fingerprint density at radius 2 is 1.69 bits per heavy atom. The van der Waals surface area contributed by atoms with Crippen LogP contribution < -0.4 is 10.6 Å². The van der Waals surface area contributed by atoms with Gasteiger partial charge in [-0.25, -0.2) is 17.6 Å². The molecular formula is C19H27FN4O4S. The summed E-state index contributed by atoms with van der Waals surface area (Å²) in [6.07, 6.45) is 5.20. The Hall–Kier alpha value is -2.04. The average molecular weight is 427 g/mol. The zero-order valence-electron chi connectivity index (χ0n) is 16.3. The number of urea groups is 1. The van der Waals surface area contributed by atoms with Gasteiger partial charge in [-0.05, 0) is 25.0 Å². The highest BCUT2D eigenvalue weighted by molar-refractivity contribution is 7.89. The highest BCUT2D eigenvalue weighted by atomic mass is 32.2. The summed E-state index contributed by atoms with van der Waals surface area (Å²) >= 11 is 0. The molecule has 10 heteroatoms. The second kappa shape index (κ2) is 9.64. The molecule has 3 rings (SSSR count). The molecule has 2 fully saturated rings. The van der Waals surface area contributed by atoms with Crippen LogP contribution in [-0.4, -0.2) is 68.3 Å². The smallest absolute Gasteiger partial charge is 0.321 e. The lowest BCUT2D eigenvalue weighted by atomic mass is 9.96. The fraction of sp³-hybridized carbons (Fsp3) is 0.579. The number of sulfonamides is 1. The molecule has 2 N–H and O–H groups in total. The first kappa shape index (κ1) is 21.7. The van der Waals surface area contributed by atoms with Crippen LogP contribution in [-0.2, 0) is 14.8 Å². The summed E-state index contributed by atoms with van der Waals surface area (Å²) < 4.78 is 40.3. The summed E-state index contributed by atoms with van der Waals surface area (Å²) in [6.45, 7) is 0.957. The molecule has 1 aromatic rings. The summed E-state index contributed by atoms with van der Waals surface area (Å²) in [4.78, 5) is 25.5. The van der Waals surface area contributed by atoms with Crippen molar-refractivity contribution >= 4 is 22.0 Å². The molecule has 1 aliphatic carbocycles. The molecule has 3 amide bonds. The molecule has 0 radical (unpaired) electrons. The van der Waals surface area contributed by atoms with E-state index in [4.69, 9.17) is 0 Å². The summed E-state index contributed by atoms with van der Waals surface area (Å²) in [6, 6.07) is 4.91. The van der Waals surface area contributed by atoms with Gasteiger partial charge in [0, 0.05) is 32.2 Å². The molecule has 0 spiro atoms. The number of nitrogens with one attached hydrogen (secondary N) is 2. The topological polar surface area (TPSA) is 98.8 Å². The number of rotatable bonds is 5. The van der Waals surface area contributed by atoms with E-state index >= 15 is 0 Å². The number of imide groups is 1. The third-order valence-corrected chi connectivity index (χ3v) is 7.28. The van der Waals surface area contributed by atoms with Gasteiger partial charge in [0.2, 0.25) is 15.9 Å². The number of carbonyl (C=O) groups is 2. The van der Waals surface area contributed by atoms with Crippen LogP contribution in [0.15, 0.2) is 29.2 Å². The van der Waals surface area contributed by atoms with Crippen LogP contribution in [0, 0.1) is 5.82 Å². The Bertz CT molecular complexity index is 834. The third kappa shape index (κ3) is 5.74. The maximum atomic E-state index is 13.9. The van der Waals surface area contributed by atoms with Crippen molar-refractivity contribution in [3.63, 3.8) is 0 Å². The maximum absolute atomic E-state index is 13.9. The van der Waals surface area contributed by atoms with Gasteiger partial charge in [0.15, 0.2) is 0 Å². The van der Waals surface area contributed by atoms with Gasteiger partial charge in [-0.1, -0.05) is 31.4 Å². The Balaban J connectivity index is 1.45. The first-order valence-corrected chi connectivity index (χ1v) is 11.4. The van der Waals surface area contributed by atoms with Crippen LogP contribution in [0.1, 0.15) is 32.1 Å². The van der Waals surface area contributed by atoms with Gasteiger partial charge in [0.1, 0.15) is 10.7 Å². The van der Waals surface area contributed by atoms with Crippen molar-refractivity contribution in [3.8, 4) is 0 Å². The number of benzene rings is 1. The van der Waals surface area contributed by atoms with E-state index in [0.29, 0.717) is 13.1 Å². The second-order valence-corrected chi connectivity index (χ2v) is 9.37. The number of carbonyl (C=O) groups excluding carboxylic acids is 2. The molecule has 0 atom stereocenters. The first-order chi connectivity index (χ1) is 13.9. The van der Waals surface area contributed by atoms with Crippen molar-refractivity contribution in [3.05, 3.63) is 30.1 Å². The van der Waals surface area contributed by atoms with Gasteiger partial charge >= 0.3 is 6.03 Å². The molecule has 160 valence electrons. The quantitative estimate of drug-likeness (QED) is 0.739. The number of piperazine rings is 1. The lowest BCUT2D eigenvalue weighted by Gasteiger charge is -2.33. The van der Waals surface area contributed by atoms with Crippen LogP contribution in [0.25, 0.3) is 0 Å². The summed E-state index contributed by atoms with van der Waals surface area (Å²) in [7, 11) is -3.91. The minimum Gasteiger partial charge on any atom is -0.335 e. The Morgan fingerprint density at radius 1 is 1.03 bits per heavy atom. The minimum atomic E-state index is -3.91. The van der Waals surface area contributed by atoms with E-state index in [1.165, 1.54) is 28.9 Å². The van der Waals surface area contributed by atoms with Gasteiger partial charge < -0.3 is 5.32 Å². The third-order valence-electron chi connectivity index (χ3n) is 5.35. The Labute approximate surface area is 170 Å². The molecule has 1 aromatic carbocycles. The lowest BCUT2D eigenvalue weighted by molar-refractivity contribution is -0.121. The zero-order chi connectivity index (χ0) is 20.9. The van der Waals surface area contributed by atoms with Crippen molar-refractivity contribution in [2.45, 2.75) is 43.0 Å². The van der Waals surface area contributed by atoms with E-state index in [1.807, 2.05) is 0 Å². The van der Waals surface area contributed by atoms with E-state index in [0.717, 1.165) is 31.7 Å². The Kier molecular flexibility index (Phi) is 7.20. The van der Waals surface area contributed by atoms with E-state index in [1.54, 1.807) is 4.90 Å². The molecule has 29 heavy (non-hydrogen) atoms. The van der Waals surface area contributed by atoms with E-state index in [2.05, 4.69) is 10.6 Å². The van der Waals surface area contributed by atoms with E-state index in [9.17, 15) is 22.4 Å². The van der Waals surface area contributed by atoms with Crippen LogP contribution in [0.2, 0.25) is 0 Å². The van der Waals surface area contributed by atoms with Crippen molar-refractivity contribution in [1.82, 2.24) is 19.8 Å². The van der Waals surface area contributed by atoms with Gasteiger partial charge in [0.05, 0.1) is 6.54 Å². The second-order valence-electron chi connectivity index (χ2n) is 7.47. The van der Waals surface area contributed by atoms with Crippen molar-refractivity contribution in [2.75, 3.05) is 32.7 Å². The highest BCUT2D eigenvalue weighted by Crippen LogP contribution is 2.20. The van der Waals surface area contributed by atoms with E-state index in [-0.39, 0.29) is 30.6 Å². The highest BCUT2D eigenvalue weighted by Gasteiger charge is 2.31. The molecule has 1 aliphatic heterocycles. The largest absolute Gasteiger partial charge is 0.335 e. The normalized spacial score (nSPS) is 19.6. The summed E-state index contributed by atoms with van der Waals surface area (Å²) in [5.74, 6) is -1.21. The molecule has 1 saturated carbocycles. The molecule has 0 unspecified atom stereocenters. The van der Waals surface area contributed by atoms with Gasteiger partial charge in [-0.2, -0.15) is 4.31 Å². The van der Waals surface area contributed by atoms with Crippen molar-refractivity contribution in [1.29, 1.82) is 0 Å². The molecule has 0 aromatic heterocycles. The van der Waals surface area contributed by atoms with Gasteiger partial charge in [-0.3, -0.25) is 15.0 Å². The molecule has 1 heterocycles. The Morgan fingerprint density at radius 3 is 2.34 bits per heavy atom. The lowest BCUT2D eigenvalue weighted by Crippen LogP contribution is -2.53. The number of hydrogen-bond donors (Lipinski definition) is 2. The molecular weight excluding hydrogens is 399 g/mol. The van der Waals surface area contributed by atoms with Crippen molar-refractivity contribution in [2.24, 2.45) is 0 Å². The van der Waals surface area contributed by atoms with Crippen molar-refractivity contribution < 1.29 is 22.4 Å². The van der Waals surface area contributed by atoms with Gasteiger partial charge in [-0.15, -0.1) is 0 Å². The first-order valence-electron chi connectivity index (χ1n) is 9.93. The van der Waals surface area contributed by atoms with Crippen LogP contribution in [0.4, 0.5) is 9.18 Å². The van der Waals surface area contributed by atoms with Crippen LogP contribution in [0.5, 0.6) is 0 Å². The molecule has 2 aliphatic rings. The fourth-order valence-electron chi connectivity index (χ4n) is 3.76. The van der Waals surface area contributed by atoms with Crippen LogP contribution >= 0.6 is 0 Å². The fourth-order valence-corrected chi connectivity index (χ4v) is 5.25. The average Bonchev–Trinajstić information content (AvgIpc) is 2.69. The SMILES string of the molecule is O=C(CN1CCN(S(=O)(=O)c2ccccc2F)CC1)NC(=O)NC1CCCCC1. The zero-order valence-corrected chi connectivity index (χ0v) is 17.1. The predicted molar refractivity (Wildman–Crippen MR) is 105 cm³/mol. The molecule has 1 saturated heterocycles. The minimum absolute atomic E-state index is 0.00563. The molecule has 0 bridgehead atoms. The predicted octanol–water partition coefficient (Wildman–Crippen LogP) is 1.29. The van der Waals surface area contributed by atoms with E-state index < -0.39 is 27.8 Å². The van der Waals surface area contributed by atoms with Crippen LogP contribution in [0.3, 0.4) is 0 Å². The maximum Gasteiger partial charge on any atom is 0.321 e. The number of nitrogens with zero attached hydrogens (tertiary/aromatic N) is 2. The summed E-state index contributed by atoms with van der Waals surface area (Å²) in [5, 5.41) is 5.16. The molecule has 8 nitrogen and oxygen atoms in total. The standard InChI is InChI=1S/C19H27FN4O4S/c20-16-8-4-5-9-17(16)29(27,28)24-12-10-23(11-13-24)14-18(25)22-19(26)21-15-6-2-1-3-7-15/h4-5,8-9,15H,1-3,6-7,10-14H2,(H2,21,22,25,26). The number of hydrogen-bond acceptors (Lipinski definition) is 5.